The molecule has 0 spiro atoms. The largest absolute Gasteiger partial charge is 0.508 e. The van der Waals surface area contributed by atoms with Gasteiger partial charge in [-0.25, -0.2) is 0 Å². The molecule has 4 N–H and O–H groups in total. The van der Waals surface area contributed by atoms with Crippen molar-refractivity contribution in [3.05, 3.63) is 29.8 Å². The molecule has 2 rings (SSSR count). The molecule has 0 aliphatic carbocycles. The number of aliphatic hydroxyl groups is 3. The smallest absolute Gasteiger partial charge is 0.186 e. The minimum absolute atomic E-state index is 0.157. The van der Waals surface area contributed by atoms with Gasteiger partial charge in [0.1, 0.15) is 24.1 Å². The molecular formula is C13H18O6. The predicted molar refractivity (Wildman–Crippen MR) is 65.3 cm³/mol. The van der Waals surface area contributed by atoms with Crippen LogP contribution in [0, 0.1) is 0 Å². The van der Waals surface area contributed by atoms with Gasteiger partial charge in [0.05, 0.1) is 12.7 Å². The molecule has 1 aliphatic rings. The van der Waals surface area contributed by atoms with Crippen LogP contribution in [0.25, 0.3) is 0 Å². The summed E-state index contributed by atoms with van der Waals surface area (Å²) < 4.78 is 10.7. The van der Waals surface area contributed by atoms with Crippen molar-refractivity contribution in [3.63, 3.8) is 0 Å². The monoisotopic (exact) mass is 270 g/mol. The Morgan fingerprint density at radius 1 is 1.05 bits per heavy atom. The average molecular weight is 270 g/mol. The quantitative estimate of drug-likeness (QED) is 0.604. The Bertz CT molecular complexity index is 406. The fraction of sp³-hybridized carbons (Fsp3) is 0.538. The maximum Gasteiger partial charge on any atom is 0.186 e. The number of aromatic hydroxyl groups is 1. The lowest BCUT2D eigenvalue weighted by Crippen LogP contribution is -2.57. The minimum Gasteiger partial charge on any atom is -0.508 e. The van der Waals surface area contributed by atoms with Crippen LogP contribution < -0.4 is 0 Å². The van der Waals surface area contributed by atoms with Crippen LogP contribution in [0.15, 0.2) is 24.3 Å². The first-order valence-corrected chi connectivity index (χ1v) is 6.08. The fourth-order valence-corrected chi connectivity index (χ4v) is 1.92. The molecule has 1 aromatic carbocycles. The number of aliphatic hydroxyl groups excluding tert-OH is 3. The van der Waals surface area contributed by atoms with Crippen molar-refractivity contribution in [2.24, 2.45) is 0 Å². The van der Waals surface area contributed by atoms with Crippen molar-refractivity contribution in [1.29, 1.82) is 0 Å². The molecule has 1 aliphatic heterocycles. The van der Waals surface area contributed by atoms with Gasteiger partial charge >= 0.3 is 0 Å². The van der Waals surface area contributed by atoms with Gasteiger partial charge in [-0.1, -0.05) is 12.1 Å². The van der Waals surface area contributed by atoms with E-state index in [4.69, 9.17) is 14.6 Å². The summed E-state index contributed by atoms with van der Waals surface area (Å²) in [6, 6.07) is 6.41. The predicted octanol–water partition coefficient (Wildman–Crippen LogP) is -0.264. The van der Waals surface area contributed by atoms with E-state index in [9.17, 15) is 15.3 Å². The van der Waals surface area contributed by atoms with Crippen molar-refractivity contribution < 1.29 is 29.9 Å². The molecule has 0 amide bonds. The molecule has 106 valence electrons. The SMILES string of the molecule is C[C@@H]1O[C@@H](OCc2ccc(O)cc2)[C@H](O)[C@H](O)[C@H]1O. The van der Waals surface area contributed by atoms with E-state index in [1.54, 1.807) is 19.1 Å². The summed E-state index contributed by atoms with van der Waals surface area (Å²) in [5.41, 5.74) is 0.793. The van der Waals surface area contributed by atoms with E-state index in [-0.39, 0.29) is 12.4 Å². The zero-order chi connectivity index (χ0) is 14.0. The zero-order valence-electron chi connectivity index (χ0n) is 10.5. The highest BCUT2D eigenvalue weighted by Gasteiger charge is 2.42. The van der Waals surface area contributed by atoms with E-state index in [2.05, 4.69) is 0 Å². The Hall–Kier alpha value is -1.18. The van der Waals surface area contributed by atoms with Crippen LogP contribution in [0.5, 0.6) is 5.75 Å². The van der Waals surface area contributed by atoms with Crippen molar-refractivity contribution in [2.75, 3.05) is 0 Å². The molecule has 1 aromatic rings. The summed E-state index contributed by atoms with van der Waals surface area (Å²) >= 11 is 0. The van der Waals surface area contributed by atoms with E-state index >= 15 is 0 Å². The van der Waals surface area contributed by atoms with E-state index in [1.807, 2.05) is 0 Å². The summed E-state index contributed by atoms with van der Waals surface area (Å²) in [5, 5.41) is 38.1. The first kappa shape index (κ1) is 14.2. The second-order valence-electron chi connectivity index (χ2n) is 4.66. The number of hydrogen-bond donors (Lipinski definition) is 4. The first-order chi connectivity index (χ1) is 8.99. The second kappa shape index (κ2) is 5.85. The van der Waals surface area contributed by atoms with E-state index in [1.165, 1.54) is 12.1 Å². The van der Waals surface area contributed by atoms with Crippen LogP contribution in [-0.2, 0) is 16.1 Å². The van der Waals surface area contributed by atoms with Crippen molar-refractivity contribution in [3.8, 4) is 5.75 Å². The number of hydrogen-bond acceptors (Lipinski definition) is 6. The molecule has 6 nitrogen and oxygen atoms in total. The molecule has 1 fully saturated rings. The van der Waals surface area contributed by atoms with Gasteiger partial charge < -0.3 is 29.9 Å². The Labute approximate surface area is 110 Å². The van der Waals surface area contributed by atoms with Crippen LogP contribution in [0.3, 0.4) is 0 Å². The zero-order valence-corrected chi connectivity index (χ0v) is 10.5. The van der Waals surface area contributed by atoms with Crippen LogP contribution in [-0.4, -0.2) is 51.1 Å². The number of ether oxygens (including phenoxy) is 2. The van der Waals surface area contributed by atoms with Gasteiger partial charge in [0.15, 0.2) is 6.29 Å². The fourth-order valence-electron chi connectivity index (χ4n) is 1.92. The molecule has 0 radical (unpaired) electrons. The standard InChI is InChI=1S/C13H18O6/c1-7-10(15)11(16)12(17)13(19-7)18-6-8-2-4-9(14)5-3-8/h2-5,7,10-17H,6H2,1H3/t7-,10-,11+,12+,13+/m0/s1. The van der Waals surface area contributed by atoms with Crippen LogP contribution in [0.2, 0.25) is 0 Å². The molecule has 6 heteroatoms. The highest BCUT2D eigenvalue weighted by Crippen LogP contribution is 2.22. The normalized spacial score (nSPS) is 35.3. The maximum absolute atomic E-state index is 9.75. The molecule has 0 saturated carbocycles. The van der Waals surface area contributed by atoms with Gasteiger partial charge in [0.2, 0.25) is 0 Å². The van der Waals surface area contributed by atoms with Gasteiger partial charge in [-0.3, -0.25) is 0 Å². The molecule has 0 bridgehead atoms. The lowest BCUT2D eigenvalue weighted by atomic mass is 10.00. The number of phenols is 1. The van der Waals surface area contributed by atoms with Crippen LogP contribution >= 0.6 is 0 Å². The summed E-state index contributed by atoms with van der Waals surface area (Å²) in [7, 11) is 0. The van der Waals surface area contributed by atoms with Crippen LogP contribution in [0.4, 0.5) is 0 Å². The Kier molecular flexibility index (Phi) is 4.38. The number of benzene rings is 1. The van der Waals surface area contributed by atoms with E-state index < -0.39 is 30.7 Å². The third-order valence-electron chi connectivity index (χ3n) is 3.16. The summed E-state index contributed by atoms with van der Waals surface area (Å²) in [4.78, 5) is 0. The third-order valence-corrected chi connectivity index (χ3v) is 3.16. The lowest BCUT2D eigenvalue weighted by Gasteiger charge is -2.38. The Morgan fingerprint density at radius 3 is 2.32 bits per heavy atom. The van der Waals surface area contributed by atoms with E-state index in [0.29, 0.717) is 0 Å². The third kappa shape index (κ3) is 3.23. The van der Waals surface area contributed by atoms with Gasteiger partial charge in [0, 0.05) is 0 Å². The number of phenolic OH excluding ortho intramolecular Hbond substituents is 1. The highest BCUT2D eigenvalue weighted by atomic mass is 16.7. The second-order valence-corrected chi connectivity index (χ2v) is 4.66. The minimum atomic E-state index is -1.30. The molecule has 0 unspecified atom stereocenters. The van der Waals surface area contributed by atoms with Crippen molar-refractivity contribution in [1.82, 2.24) is 0 Å². The summed E-state index contributed by atoms with van der Waals surface area (Å²) in [6.45, 7) is 1.76. The van der Waals surface area contributed by atoms with E-state index in [0.717, 1.165) is 5.56 Å². The van der Waals surface area contributed by atoms with Gasteiger partial charge in [-0.05, 0) is 24.6 Å². The highest BCUT2D eigenvalue weighted by molar-refractivity contribution is 5.25. The lowest BCUT2D eigenvalue weighted by molar-refractivity contribution is -0.296. The summed E-state index contributed by atoms with van der Waals surface area (Å²) in [6.07, 6.45) is -5.36. The Morgan fingerprint density at radius 2 is 1.68 bits per heavy atom. The van der Waals surface area contributed by atoms with Gasteiger partial charge in [-0.2, -0.15) is 0 Å². The average Bonchev–Trinajstić information content (AvgIpc) is 2.41. The molecule has 0 aromatic heterocycles. The molecule has 19 heavy (non-hydrogen) atoms. The maximum atomic E-state index is 9.75. The molecule has 1 saturated heterocycles. The molecule has 1 heterocycles. The van der Waals surface area contributed by atoms with Crippen molar-refractivity contribution in [2.45, 2.75) is 44.2 Å². The summed E-state index contributed by atoms with van der Waals surface area (Å²) in [5.74, 6) is 0.157. The molecule has 5 atom stereocenters. The first-order valence-electron chi connectivity index (χ1n) is 6.08. The molecular weight excluding hydrogens is 252 g/mol. The van der Waals surface area contributed by atoms with Gasteiger partial charge in [-0.15, -0.1) is 0 Å². The number of rotatable bonds is 3. The topological polar surface area (TPSA) is 99.4 Å². The Balaban J connectivity index is 1.93. The van der Waals surface area contributed by atoms with Crippen LogP contribution in [0.1, 0.15) is 12.5 Å². The van der Waals surface area contributed by atoms with Crippen molar-refractivity contribution >= 4 is 0 Å². The van der Waals surface area contributed by atoms with Gasteiger partial charge in [0.25, 0.3) is 0 Å².